The minimum atomic E-state index is 0.265. The Labute approximate surface area is 131 Å². The first-order valence-electron chi connectivity index (χ1n) is 7.18. The van der Waals surface area contributed by atoms with Gasteiger partial charge in [0, 0.05) is 22.3 Å². The molecule has 112 valence electrons. The second-order valence-corrected chi connectivity index (χ2v) is 6.18. The average molecular weight is 301 g/mol. The van der Waals surface area contributed by atoms with Crippen molar-refractivity contribution in [3.63, 3.8) is 0 Å². The lowest BCUT2D eigenvalue weighted by atomic mass is 10.1. The highest BCUT2D eigenvalue weighted by Gasteiger charge is 2.15. The number of benzene rings is 2. The molecule has 0 aliphatic heterocycles. The van der Waals surface area contributed by atoms with Crippen molar-refractivity contribution in [3.05, 3.63) is 59.2 Å². The summed E-state index contributed by atoms with van der Waals surface area (Å²) in [4.78, 5) is 1.28. The Morgan fingerprint density at radius 2 is 1.95 bits per heavy atom. The smallest absolute Gasteiger partial charge is 0.124 e. The first kappa shape index (κ1) is 15.9. The van der Waals surface area contributed by atoms with E-state index in [1.165, 1.54) is 21.6 Å². The van der Waals surface area contributed by atoms with Crippen LogP contribution in [-0.2, 0) is 5.75 Å². The van der Waals surface area contributed by atoms with E-state index in [0.29, 0.717) is 0 Å². The van der Waals surface area contributed by atoms with Crippen molar-refractivity contribution >= 4 is 11.8 Å². The van der Waals surface area contributed by atoms with Gasteiger partial charge in [0.05, 0.1) is 7.11 Å². The predicted octanol–water partition coefficient (Wildman–Crippen LogP) is 4.58. The molecular formula is C18H23NOS. The van der Waals surface area contributed by atoms with Crippen molar-refractivity contribution in [1.82, 2.24) is 5.32 Å². The molecule has 0 saturated heterocycles. The van der Waals surface area contributed by atoms with Gasteiger partial charge in [-0.1, -0.05) is 35.9 Å². The molecule has 2 nitrogen and oxygen atoms in total. The number of hydrogen-bond donors (Lipinski definition) is 1. The molecule has 0 heterocycles. The van der Waals surface area contributed by atoms with E-state index in [0.717, 1.165) is 11.5 Å². The maximum Gasteiger partial charge on any atom is 0.124 e. The normalized spacial score (nSPS) is 12.2. The van der Waals surface area contributed by atoms with Gasteiger partial charge in [-0.15, -0.1) is 11.8 Å². The summed E-state index contributed by atoms with van der Waals surface area (Å²) in [6.45, 7) is 4.29. The molecule has 1 N–H and O–H groups in total. The fourth-order valence-corrected chi connectivity index (χ4v) is 3.47. The Hall–Kier alpha value is -1.45. The van der Waals surface area contributed by atoms with E-state index in [1.807, 2.05) is 24.9 Å². The van der Waals surface area contributed by atoms with Gasteiger partial charge in [-0.25, -0.2) is 0 Å². The third kappa shape index (κ3) is 4.02. The maximum absolute atomic E-state index is 5.53. The lowest BCUT2D eigenvalue weighted by molar-refractivity contribution is 0.401. The lowest BCUT2D eigenvalue weighted by Gasteiger charge is -2.19. The molecule has 1 atom stereocenters. The minimum absolute atomic E-state index is 0.265. The number of aryl methyl sites for hydroxylation is 1. The summed E-state index contributed by atoms with van der Waals surface area (Å²) in [5.74, 6) is 1.92. The predicted molar refractivity (Wildman–Crippen MR) is 91.2 cm³/mol. The van der Waals surface area contributed by atoms with Crippen molar-refractivity contribution in [1.29, 1.82) is 0 Å². The highest BCUT2D eigenvalue weighted by atomic mass is 32.2. The summed E-state index contributed by atoms with van der Waals surface area (Å²) in [5.41, 5.74) is 3.90. The van der Waals surface area contributed by atoms with Crippen LogP contribution in [0.3, 0.4) is 0 Å². The van der Waals surface area contributed by atoms with Crippen LogP contribution in [0.4, 0.5) is 0 Å². The van der Waals surface area contributed by atoms with Crippen LogP contribution < -0.4 is 10.1 Å². The second-order valence-electron chi connectivity index (χ2n) is 5.16. The van der Waals surface area contributed by atoms with Gasteiger partial charge in [-0.3, -0.25) is 0 Å². The molecule has 0 bridgehead atoms. The van der Waals surface area contributed by atoms with Crippen LogP contribution in [0.5, 0.6) is 5.75 Å². The first-order chi connectivity index (χ1) is 10.2. The van der Waals surface area contributed by atoms with Gasteiger partial charge in [0.1, 0.15) is 5.75 Å². The zero-order chi connectivity index (χ0) is 15.2. The van der Waals surface area contributed by atoms with E-state index >= 15 is 0 Å². The van der Waals surface area contributed by atoms with E-state index in [2.05, 4.69) is 55.6 Å². The summed E-state index contributed by atoms with van der Waals surface area (Å²) in [6.07, 6.45) is 0. The van der Waals surface area contributed by atoms with Crippen molar-refractivity contribution in [3.8, 4) is 5.75 Å². The van der Waals surface area contributed by atoms with Gasteiger partial charge < -0.3 is 10.1 Å². The number of nitrogens with one attached hydrogen (secondary N) is 1. The standard InChI is InChI=1S/C18H23NOS/c1-13-7-5-8-15(11-13)12-21-17-10-6-9-16(20-4)18(17)14(2)19-3/h5-11,14,19H,12H2,1-4H3. The first-order valence-corrected chi connectivity index (χ1v) is 8.16. The van der Waals surface area contributed by atoms with Crippen LogP contribution >= 0.6 is 11.8 Å². The molecule has 0 fully saturated rings. The van der Waals surface area contributed by atoms with E-state index in [9.17, 15) is 0 Å². The van der Waals surface area contributed by atoms with Crippen LogP contribution in [0.1, 0.15) is 29.7 Å². The average Bonchev–Trinajstić information content (AvgIpc) is 2.51. The summed E-state index contributed by atoms with van der Waals surface area (Å²) < 4.78 is 5.53. The molecule has 0 spiro atoms. The molecule has 0 amide bonds. The highest BCUT2D eigenvalue weighted by molar-refractivity contribution is 7.98. The van der Waals surface area contributed by atoms with Crippen LogP contribution in [0.25, 0.3) is 0 Å². The second kappa shape index (κ2) is 7.53. The summed E-state index contributed by atoms with van der Waals surface area (Å²) >= 11 is 1.86. The van der Waals surface area contributed by atoms with Gasteiger partial charge in [-0.2, -0.15) is 0 Å². The molecule has 0 aliphatic rings. The molecule has 3 heteroatoms. The molecule has 2 aromatic rings. The molecule has 0 aromatic heterocycles. The van der Waals surface area contributed by atoms with Gasteiger partial charge in [0.25, 0.3) is 0 Å². The third-order valence-electron chi connectivity index (χ3n) is 3.59. The molecule has 1 unspecified atom stereocenters. The Morgan fingerprint density at radius 1 is 1.19 bits per heavy atom. The number of ether oxygens (including phenoxy) is 1. The van der Waals surface area contributed by atoms with Crippen LogP contribution in [0, 0.1) is 6.92 Å². The Morgan fingerprint density at radius 3 is 2.62 bits per heavy atom. The quantitative estimate of drug-likeness (QED) is 0.789. The summed E-state index contributed by atoms with van der Waals surface area (Å²) in [6, 6.07) is 15.2. The van der Waals surface area contributed by atoms with Gasteiger partial charge >= 0.3 is 0 Å². The summed E-state index contributed by atoms with van der Waals surface area (Å²) in [5, 5.41) is 3.31. The van der Waals surface area contributed by atoms with Gasteiger partial charge in [-0.05, 0) is 38.6 Å². The maximum atomic E-state index is 5.53. The summed E-state index contributed by atoms with van der Waals surface area (Å²) in [7, 11) is 3.71. The topological polar surface area (TPSA) is 21.3 Å². The van der Waals surface area contributed by atoms with Crippen molar-refractivity contribution in [2.45, 2.75) is 30.5 Å². The van der Waals surface area contributed by atoms with Gasteiger partial charge in [0.15, 0.2) is 0 Å². The van der Waals surface area contributed by atoms with Crippen LogP contribution in [-0.4, -0.2) is 14.2 Å². The van der Waals surface area contributed by atoms with Crippen LogP contribution in [0.2, 0.25) is 0 Å². The van der Waals surface area contributed by atoms with E-state index in [1.54, 1.807) is 7.11 Å². The zero-order valence-electron chi connectivity index (χ0n) is 13.1. The Kier molecular flexibility index (Phi) is 5.71. The monoisotopic (exact) mass is 301 g/mol. The minimum Gasteiger partial charge on any atom is -0.496 e. The molecule has 0 radical (unpaired) electrons. The van der Waals surface area contributed by atoms with Crippen molar-refractivity contribution in [2.24, 2.45) is 0 Å². The highest BCUT2D eigenvalue weighted by Crippen LogP contribution is 2.36. The van der Waals surface area contributed by atoms with Gasteiger partial charge in [0.2, 0.25) is 0 Å². The van der Waals surface area contributed by atoms with E-state index in [4.69, 9.17) is 4.74 Å². The number of thioether (sulfide) groups is 1. The van der Waals surface area contributed by atoms with E-state index < -0.39 is 0 Å². The molecule has 2 aromatic carbocycles. The molecule has 0 saturated carbocycles. The van der Waals surface area contributed by atoms with Crippen molar-refractivity contribution < 1.29 is 4.74 Å². The molecule has 0 aliphatic carbocycles. The lowest BCUT2D eigenvalue weighted by Crippen LogP contribution is -2.14. The van der Waals surface area contributed by atoms with Crippen LogP contribution in [0.15, 0.2) is 47.4 Å². The largest absolute Gasteiger partial charge is 0.496 e. The Balaban J connectivity index is 2.23. The number of methoxy groups -OCH3 is 1. The molecular weight excluding hydrogens is 278 g/mol. The van der Waals surface area contributed by atoms with Crippen molar-refractivity contribution in [2.75, 3.05) is 14.2 Å². The SMILES string of the molecule is CNC(C)c1c(OC)cccc1SCc1cccc(C)c1. The number of hydrogen-bond acceptors (Lipinski definition) is 3. The third-order valence-corrected chi connectivity index (χ3v) is 4.73. The molecule has 21 heavy (non-hydrogen) atoms. The van der Waals surface area contributed by atoms with E-state index in [-0.39, 0.29) is 6.04 Å². The fraction of sp³-hybridized carbons (Fsp3) is 0.333. The number of rotatable bonds is 6. The zero-order valence-corrected chi connectivity index (χ0v) is 14.0. The fourth-order valence-electron chi connectivity index (χ4n) is 2.36. The molecule has 2 rings (SSSR count). The Bertz CT molecular complexity index is 598.